The van der Waals surface area contributed by atoms with Crippen LogP contribution >= 0.6 is 0 Å². The first kappa shape index (κ1) is 12.1. The summed E-state index contributed by atoms with van der Waals surface area (Å²) in [5.41, 5.74) is 0. The van der Waals surface area contributed by atoms with Gasteiger partial charge in [0.25, 0.3) is 0 Å². The molecule has 3 aliphatic rings. The van der Waals surface area contributed by atoms with Gasteiger partial charge >= 0.3 is 29.6 Å². The van der Waals surface area contributed by atoms with Crippen LogP contribution in [0.4, 0.5) is 0 Å². The number of rotatable bonds is 1. The fourth-order valence-corrected chi connectivity index (χ4v) is 5.05. The molecule has 3 nitrogen and oxygen atoms in total. The summed E-state index contributed by atoms with van der Waals surface area (Å²) in [6.45, 7) is 0. The Labute approximate surface area is 112 Å². The summed E-state index contributed by atoms with van der Waals surface area (Å²) in [6.07, 6.45) is 6.93. The van der Waals surface area contributed by atoms with E-state index in [1.165, 1.54) is 0 Å². The summed E-state index contributed by atoms with van der Waals surface area (Å²) in [5.74, 6) is 1.67. The molecule has 0 aromatic carbocycles. The maximum Gasteiger partial charge on any atom is 1.00 e. The van der Waals surface area contributed by atoms with Crippen molar-refractivity contribution in [1.29, 1.82) is 0 Å². The average Bonchev–Trinajstić information content (AvgIpc) is 2.74. The molecule has 0 radical (unpaired) electrons. The Hall–Kier alpha value is 0.650. The summed E-state index contributed by atoms with van der Waals surface area (Å²) in [5, 5.41) is -0.575. The first-order valence-corrected chi connectivity index (χ1v) is 6.66. The summed E-state index contributed by atoms with van der Waals surface area (Å²) in [4.78, 5) is 0. The number of hydrogen-bond acceptors (Lipinski definition) is 3. The number of hydrogen-bond donors (Lipinski definition) is 0. The van der Waals surface area contributed by atoms with Gasteiger partial charge in [-0.05, 0) is 42.9 Å². The molecule has 15 heavy (non-hydrogen) atoms. The van der Waals surface area contributed by atoms with Gasteiger partial charge in [-0.15, -0.1) is 0 Å². The van der Waals surface area contributed by atoms with E-state index in [2.05, 4.69) is 12.2 Å². The Kier molecular flexibility index (Phi) is 3.10. The maximum absolute atomic E-state index is 11.0. The van der Waals surface area contributed by atoms with Crippen molar-refractivity contribution in [2.45, 2.75) is 24.5 Å². The summed E-state index contributed by atoms with van der Waals surface area (Å²) < 4.78 is 33.1. The van der Waals surface area contributed by atoms with Gasteiger partial charge in [0.2, 0.25) is 0 Å². The van der Waals surface area contributed by atoms with Crippen molar-refractivity contribution in [3.63, 3.8) is 0 Å². The largest absolute Gasteiger partial charge is 1.00 e. The topological polar surface area (TPSA) is 57.2 Å². The van der Waals surface area contributed by atoms with Crippen LogP contribution in [0, 0.1) is 23.7 Å². The van der Waals surface area contributed by atoms with Gasteiger partial charge in [-0.3, -0.25) is 0 Å². The molecule has 0 amide bonds. The molecule has 2 fully saturated rings. The Balaban J connectivity index is 0.000000853. The van der Waals surface area contributed by atoms with E-state index in [1.807, 2.05) is 0 Å². The predicted octanol–water partition coefficient (Wildman–Crippen LogP) is -1.86. The Bertz CT molecular complexity index is 389. The molecule has 0 aromatic rings. The monoisotopic (exact) mass is 236 g/mol. The molecule has 2 bridgehead atoms. The van der Waals surface area contributed by atoms with E-state index in [-0.39, 0.29) is 35.5 Å². The van der Waals surface area contributed by atoms with Crippen LogP contribution in [0.25, 0.3) is 0 Å². The SMILES string of the molecule is O=S(=O)([O-])C1CC2CC1C1CC=CC21.[Na+]. The van der Waals surface area contributed by atoms with E-state index in [0.29, 0.717) is 24.2 Å². The second-order valence-electron chi connectivity index (χ2n) is 4.83. The zero-order valence-corrected chi connectivity index (χ0v) is 11.6. The molecule has 3 aliphatic carbocycles. The van der Waals surface area contributed by atoms with Gasteiger partial charge in [-0.25, -0.2) is 8.42 Å². The average molecular weight is 236 g/mol. The minimum Gasteiger partial charge on any atom is -0.748 e. The molecule has 0 saturated heterocycles. The van der Waals surface area contributed by atoms with Crippen LogP contribution < -0.4 is 29.6 Å². The van der Waals surface area contributed by atoms with Crippen LogP contribution in [-0.2, 0) is 10.1 Å². The van der Waals surface area contributed by atoms with Crippen LogP contribution in [0.2, 0.25) is 0 Å². The summed E-state index contributed by atoms with van der Waals surface area (Å²) >= 11 is 0. The van der Waals surface area contributed by atoms with Gasteiger partial charge < -0.3 is 4.55 Å². The van der Waals surface area contributed by atoms with E-state index < -0.39 is 15.4 Å². The molecule has 78 valence electrons. The Morgan fingerprint density at radius 3 is 2.60 bits per heavy atom. The quantitative estimate of drug-likeness (QED) is 0.305. The van der Waals surface area contributed by atoms with E-state index in [0.717, 1.165) is 12.8 Å². The van der Waals surface area contributed by atoms with E-state index in [4.69, 9.17) is 0 Å². The van der Waals surface area contributed by atoms with Crippen LogP contribution in [0.1, 0.15) is 19.3 Å². The maximum atomic E-state index is 11.0. The van der Waals surface area contributed by atoms with Gasteiger partial charge in [0.05, 0.1) is 15.4 Å². The van der Waals surface area contributed by atoms with Crippen molar-refractivity contribution in [3.8, 4) is 0 Å². The third kappa shape index (κ3) is 1.75. The minimum atomic E-state index is -4.05. The van der Waals surface area contributed by atoms with Crippen molar-refractivity contribution in [3.05, 3.63) is 12.2 Å². The Morgan fingerprint density at radius 2 is 1.93 bits per heavy atom. The number of fused-ring (bicyclic) bond motifs is 5. The smallest absolute Gasteiger partial charge is 0.748 e. The molecule has 0 aliphatic heterocycles. The van der Waals surface area contributed by atoms with E-state index in [9.17, 15) is 13.0 Å². The van der Waals surface area contributed by atoms with Gasteiger partial charge in [0.1, 0.15) is 0 Å². The van der Waals surface area contributed by atoms with Crippen LogP contribution in [0.15, 0.2) is 12.2 Å². The molecule has 5 unspecified atom stereocenters. The third-order valence-electron chi connectivity index (χ3n) is 4.31. The molecular formula is C10H13NaO3S. The zero-order chi connectivity index (χ0) is 9.92. The van der Waals surface area contributed by atoms with Crippen molar-refractivity contribution in [2.75, 3.05) is 0 Å². The normalized spacial score (nSPS) is 46.6. The first-order valence-electron chi connectivity index (χ1n) is 5.19. The van der Waals surface area contributed by atoms with Gasteiger partial charge in [-0.2, -0.15) is 0 Å². The molecule has 2 saturated carbocycles. The standard InChI is InChI=1S/C10H14O3S.Na/c11-14(12,13)10-5-6-4-9(10)8-3-1-2-7(6)8;/h1-2,6-10H,3-5H2,(H,11,12,13);/q;+1/p-1. The van der Waals surface area contributed by atoms with Gasteiger partial charge in [0, 0.05) is 0 Å². The van der Waals surface area contributed by atoms with Crippen molar-refractivity contribution < 1.29 is 42.5 Å². The molecule has 3 rings (SSSR count). The van der Waals surface area contributed by atoms with Crippen LogP contribution in [-0.4, -0.2) is 18.2 Å². The second kappa shape index (κ2) is 3.84. The van der Waals surface area contributed by atoms with Crippen LogP contribution in [0.5, 0.6) is 0 Å². The minimum absolute atomic E-state index is 0. The first-order chi connectivity index (χ1) is 6.57. The molecule has 5 atom stereocenters. The molecule has 0 aromatic heterocycles. The zero-order valence-electron chi connectivity index (χ0n) is 8.80. The second-order valence-corrected chi connectivity index (χ2v) is 6.42. The number of allylic oxidation sites excluding steroid dienone is 2. The molecule has 0 heterocycles. The molecular weight excluding hydrogens is 223 g/mol. The van der Waals surface area contributed by atoms with E-state index >= 15 is 0 Å². The molecule has 5 heteroatoms. The Morgan fingerprint density at radius 1 is 1.20 bits per heavy atom. The fraction of sp³-hybridized carbons (Fsp3) is 0.800. The molecule has 0 N–H and O–H groups in total. The molecule has 0 spiro atoms. The van der Waals surface area contributed by atoms with Gasteiger partial charge in [-0.1, -0.05) is 12.2 Å². The third-order valence-corrected chi connectivity index (χ3v) is 5.60. The van der Waals surface area contributed by atoms with E-state index in [1.54, 1.807) is 0 Å². The van der Waals surface area contributed by atoms with Crippen molar-refractivity contribution in [2.24, 2.45) is 23.7 Å². The van der Waals surface area contributed by atoms with Crippen LogP contribution in [0.3, 0.4) is 0 Å². The summed E-state index contributed by atoms with van der Waals surface area (Å²) in [7, 11) is -4.05. The van der Waals surface area contributed by atoms with Crippen molar-refractivity contribution >= 4 is 10.1 Å². The predicted molar refractivity (Wildman–Crippen MR) is 50.4 cm³/mol. The summed E-state index contributed by atoms with van der Waals surface area (Å²) in [6, 6.07) is 0. The fourth-order valence-electron chi connectivity index (χ4n) is 3.83. The van der Waals surface area contributed by atoms with Crippen molar-refractivity contribution in [1.82, 2.24) is 0 Å². The van der Waals surface area contributed by atoms with Gasteiger partial charge in [0.15, 0.2) is 0 Å².